The zero-order valence-corrected chi connectivity index (χ0v) is 37.5. The van der Waals surface area contributed by atoms with Gasteiger partial charge >= 0.3 is 11.9 Å². The van der Waals surface area contributed by atoms with Crippen LogP contribution in [-0.2, 0) is 23.8 Å². The van der Waals surface area contributed by atoms with Gasteiger partial charge in [0.25, 0.3) is 0 Å². The van der Waals surface area contributed by atoms with Crippen LogP contribution in [0.4, 0.5) is 0 Å². The minimum Gasteiger partial charge on any atom is -0.461 e. The summed E-state index contributed by atoms with van der Waals surface area (Å²) in [6.07, 6.45) is 65.4. The van der Waals surface area contributed by atoms with E-state index in [1.807, 2.05) is 12.2 Å². The molecule has 0 bridgehead atoms. The van der Waals surface area contributed by atoms with Gasteiger partial charge in [0, 0.05) is 13.0 Å². The normalized spacial score (nSPS) is 13.2. The zero-order chi connectivity index (χ0) is 42.1. The first-order valence-corrected chi connectivity index (χ1v) is 23.4. The summed E-state index contributed by atoms with van der Waals surface area (Å²) < 4.78 is 17.2. The summed E-state index contributed by atoms with van der Waals surface area (Å²) in [6.45, 7) is 7.40. The highest BCUT2D eigenvalue weighted by atomic mass is 16.6. The molecule has 0 rings (SSSR count). The van der Waals surface area contributed by atoms with Gasteiger partial charge in [0.05, 0.1) is 13.0 Å². The van der Waals surface area contributed by atoms with Crippen LogP contribution in [0.15, 0.2) is 109 Å². The molecule has 0 fully saturated rings. The Labute approximate surface area is 357 Å². The van der Waals surface area contributed by atoms with E-state index in [4.69, 9.17) is 14.2 Å². The predicted octanol–water partition coefficient (Wildman–Crippen LogP) is 15.7. The third-order valence-corrected chi connectivity index (χ3v) is 9.34. The molecule has 1 atom stereocenters. The Balaban J connectivity index is 4.46. The summed E-state index contributed by atoms with van der Waals surface area (Å²) in [5.74, 6) is -0.569. The van der Waals surface area contributed by atoms with Crippen LogP contribution < -0.4 is 0 Å². The highest BCUT2D eigenvalue weighted by Crippen LogP contribution is 2.13. The molecule has 0 aliphatic carbocycles. The lowest BCUT2D eigenvalue weighted by Gasteiger charge is -2.18. The third-order valence-electron chi connectivity index (χ3n) is 9.34. The van der Waals surface area contributed by atoms with Crippen molar-refractivity contribution in [2.24, 2.45) is 0 Å². The maximum absolute atomic E-state index is 12.7. The van der Waals surface area contributed by atoms with Gasteiger partial charge in [-0.25, -0.2) is 0 Å². The van der Waals surface area contributed by atoms with Crippen LogP contribution in [0.2, 0.25) is 0 Å². The van der Waals surface area contributed by atoms with Gasteiger partial charge in [-0.2, -0.15) is 0 Å². The van der Waals surface area contributed by atoms with Gasteiger partial charge in [-0.05, 0) is 83.5 Å². The SMILES string of the molecule is CC/C=C\C/C=C\C/C=C\C/C=C\C/C=C\CC(=O)OCC(COCCCCC/C=C\C/C=C\C/C=C\C/C=C\CC)OC(=O)CCCCCCCCCCCCC. The van der Waals surface area contributed by atoms with E-state index in [0.29, 0.717) is 13.0 Å². The number of ether oxygens (including phenoxy) is 3. The van der Waals surface area contributed by atoms with Crippen molar-refractivity contribution in [1.29, 1.82) is 0 Å². The van der Waals surface area contributed by atoms with Crippen molar-refractivity contribution >= 4 is 11.9 Å². The van der Waals surface area contributed by atoms with Crippen LogP contribution in [0.1, 0.15) is 188 Å². The maximum atomic E-state index is 12.7. The number of carbonyl (C=O) groups is 2. The van der Waals surface area contributed by atoms with Crippen molar-refractivity contribution in [2.45, 2.75) is 194 Å². The van der Waals surface area contributed by atoms with Crippen molar-refractivity contribution in [1.82, 2.24) is 0 Å². The lowest BCUT2D eigenvalue weighted by Crippen LogP contribution is -2.30. The highest BCUT2D eigenvalue weighted by molar-refractivity contribution is 5.71. The van der Waals surface area contributed by atoms with E-state index in [0.717, 1.165) is 103 Å². The Morgan fingerprint density at radius 3 is 1.31 bits per heavy atom. The number of allylic oxidation sites excluding steroid dienone is 17. The first-order valence-electron chi connectivity index (χ1n) is 23.4. The summed E-state index contributed by atoms with van der Waals surface area (Å²) in [5.41, 5.74) is 0. The van der Waals surface area contributed by atoms with Crippen LogP contribution in [0.5, 0.6) is 0 Å². The van der Waals surface area contributed by atoms with Crippen molar-refractivity contribution in [3.8, 4) is 0 Å². The van der Waals surface area contributed by atoms with Crippen LogP contribution in [0.25, 0.3) is 0 Å². The number of esters is 2. The van der Waals surface area contributed by atoms with Crippen molar-refractivity contribution < 1.29 is 23.8 Å². The first-order chi connectivity index (χ1) is 28.6. The summed E-state index contributed by atoms with van der Waals surface area (Å²) in [7, 11) is 0. The molecule has 0 spiro atoms. The largest absolute Gasteiger partial charge is 0.461 e. The van der Waals surface area contributed by atoms with Gasteiger partial charge in [-0.15, -0.1) is 0 Å². The van der Waals surface area contributed by atoms with E-state index in [-0.39, 0.29) is 31.6 Å². The first kappa shape index (κ1) is 54.6. The molecule has 1 unspecified atom stereocenters. The average molecular weight is 803 g/mol. The molecule has 0 radical (unpaired) electrons. The maximum Gasteiger partial charge on any atom is 0.309 e. The quantitative estimate of drug-likeness (QED) is 0.0350. The number of carbonyl (C=O) groups excluding carboxylic acids is 2. The van der Waals surface area contributed by atoms with Gasteiger partial charge in [0.15, 0.2) is 6.10 Å². The highest BCUT2D eigenvalue weighted by Gasteiger charge is 2.17. The van der Waals surface area contributed by atoms with Crippen molar-refractivity contribution in [3.63, 3.8) is 0 Å². The van der Waals surface area contributed by atoms with Gasteiger partial charge in [-0.1, -0.05) is 201 Å². The zero-order valence-electron chi connectivity index (χ0n) is 37.5. The summed E-state index contributed by atoms with van der Waals surface area (Å²) in [4.78, 5) is 25.2. The average Bonchev–Trinajstić information content (AvgIpc) is 3.22. The van der Waals surface area contributed by atoms with Gasteiger partial charge in [0.2, 0.25) is 0 Å². The molecule has 5 nitrogen and oxygen atoms in total. The molecule has 0 heterocycles. The van der Waals surface area contributed by atoms with E-state index in [2.05, 4.69) is 118 Å². The molecule has 0 aromatic rings. The fraction of sp³-hybridized carbons (Fsp3) is 0.623. The van der Waals surface area contributed by atoms with Crippen LogP contribution in [0, 0.1) is 0 Å². The molecule has 0 saturated carbocycles. The topological polar surface area (TPSA) is 61.8 Å². The second-order valence-corrected chi connectivity index (χ2v) is 14.9. The summed E-state index contributed by atoms with van der Waals surface area (Å²) in [5, 5.41) is 0. The molecule has 0 aromatic heterocycles. The standard InChI is InChI=1S/C53H86O5/c1-4-7-10-13-16-19-22-24-26-28-30-33-36-39-42-45-48-56-49-51(58-53(55)47-44-41-38-35-31-21-18-15-12-9-6-3)50-57-52(54)46-43-40-37-34-32-29-27-25-23-20-17-14-11-8-5-2/h7-8,10-11,16-17,19-20,24-27,30,32-34,40,43,51H,4-6,9,12-15,18,21-23,28-29,31,35-39,41-42,44-50H2,1-3H3/b10-7-,11-8-,19-16-,20-17-,26-24-,27-25-,33-30-,34-32-,43-40-. The summed E-state index contributed by atoms with van der Waals surface area (Å²) >= 11 is 0. The molecular weight excluding hydrogens is 717 g/mol. The van der Waals surface area contributed by atoms with E-state index in [1.54, 1.807) is 0 Å². The molecule has 0 amide bonds. The summed E-state index contributed by atoms with van der Waals surface area (Å²) in [6, 6.07) is 0. The van der Waals surface area contributed by atoms with Crippen LogP contribution in [0.3, 0.4) is 0 Å². The number of hydrogen-bond donors (Lipinski definition) is 0. The van der Waals surface area contributed by atoms with Gasteiger partial charge in [0.1, 0.15) is 6.61 Å². The Morgan fingerprint density at radius 2 is 0.828 bits per heavy atom. The fourth-order valence-electron chi connectivity index (χ4n) is 5.93. The van der Waals surface area contributed by atoms with E-state index >= 15 is 0 Å². The van der Waals surface area contributed by atoms with E-state index in [1.165, 1.54) is 51.4 Å². The molecule has 58 heavy (non-hydrogen) atoms. The minimum absolute atomic E-state index is 0.0133. The van der Waals surface area contributed by atoms with Crippen molar-refractivity contribution in [2.75, 3.05) is 19.8 Å². The van der Waals surface area contributed by atoms with Crippen LogP contribution >= 0.6 is 0 Å². The monoisotopic (exact) mass is 803 g/mol. The van der Waals surface area contributed by atoms with Gasteiger partial charge < -0.3 is 14.2 Å². The Morgan fingerprint density at radius 1 is 0.414 bits per heavy atom. The lowest BCUT2D eigenvalue weighted by molar-refractivity contribution is -0.162. The molecule has 0 N–H and O–H groups in total. The Hall–Kier alpha value is -3.44. The smallest absolute Gasteiger partial charge is 0.309 e. The predicted molar refractivity (Wildman–Crippen MR) is 251 cm³/mol. The third kappa shape index (κ3) is 45.3. The van der Waals surface area contributed by atoms with E-state index in [9.17, 15) is 9.59 Å². The lowest BCUT2D eigenvalue weighted by atomic mass is 10.1. The molecule has 0 aromatic carbocycles. The second-order valence-electron chi connectivity index (χ2n) is 14.9. The number of unbranched alkanes of at least 4 members (excludes halogenated alkanes) is 13. The molecule has 328 valence electrons. The molecular formula is C53H86O5. The fourth-order valence-corrected chi connectivity index (χ4v) is 5.93. The number of hydrogen-bond acceptors (Lipinski definition) is 5. The minimum atomic E-state index is -0.595. The van der Waals surface area contributed by atoms with Crippen molar-refractivity contribution in [3.05, 3.63) is 109 Å². The molecule has 5 heteroatoms. The second kappa shape index (κ2) is 47.9. The molecule has 0 saturated heterocycles. The van der Waals surface area contributed by atoms with Gasteiger partial charge in [-0.3, -0.25) is 9.59 Å². The molecule has 0 aliphatic rings. The Bertz CT molecular complexity index is 1180. The molecule has 0 aliphatic heterocycles. The van der Waals surface area contributed by atoms with Crippen LogP contribution in [-0.4, -0.2) is 37.9 Å². The van der Waals surface area contributed by atoms with E-state index < -0.39 is 6.10 Å². The number of rotatable bonds is 41. The Kier molecular flexibility index (Phi) is 45.1.